The average molecular weight is 520 g/mol. The molecule has 194 valence electrons. The number of anilines is 2. The number of methoxy groups -OCH3 is 1. The molecule has 1 aromatic carbocycles. The minimum absolute atomic E-state index is 0.0381. The van der Waals surface area contributed by atoms with Crippen LogP contribution in [-0.2, 0) is 14.6 Å². The molecule has 5 rings (SSSR count). The molecule has 11 heteroatoms. The maximum Gasteiger partial charge on any atom is 0.225 e. The summed E-state index contributed by atoms with van der Waals surface area (Å²) < 4.78 is 56.1. The van der Waals surface area contributed by atoms with Gasteiger partial charge >= 0.3 is 0 Å². The van der Waals surface area contributed by atoms with E-state index in [0.29, 0.717) is 62.8 Å². The molecule has 0 N–H and O–H groups in total. The Bertz CT molecular complexity index is 1260. The number of hydrogen-bond donors (Lipinski definition) is 0. The largest absolute Gasteiger partial charge is 0.489 e. The number of benzene rings is 1. The Kier molecular flexibility index (Phi) is 6.67. The molecule has 3 aliphatic rings. The highest BCUT2D eigenvalue weighted by Gasteiger charge is 2.36. The normalized spacial score (nSPS) is 21.6. The van der Waals surface area contributed by atoms with E-state index >= 15 is 4.39 Å². The first-order valence-electron chi connectivity index (χ1n) is 12.1. The molecule has 1 amide bonds. The van der Waals surface area contributed by atoms with E-state index in [1.165, 1.54) is 0 Å². The summed E-state index contributed by atoms with van der Waals surface area (Å²) in [5.74, 6) is 0.311. The second-order valence-electron chi connectivity index (χ2n) is 9.48. The van der Waals surface area contributed by atoms with E-state index in [4.69, 9.17) is 14.2 Å². The van der Waals surface area contributed by atoms with Crippen LogP contribution in [-0.4, -0.2) is 75.2 Å². The lowest BCUT2D eigenvalue weighted by Crippen LogP contribution is -2.39. The van der Waals surface area contributed by atoms with Crippen LogP contribution >= 0.6 is 0 Å². The number of aromatic nitrogens is 1. The summed E-state index contributed by atoms with van der Waals surface area (Å²) in [6, 6.07) is 5.15. The number of ether oxygens (including phenoxy) is 3. The number of aryl methyl sites for hydroxylation is 1. The van der Waals surface area contributed by atoms with Crippen molar-refractivity contribution in [3.63, 3.8) is 0 Å². The van der Waals surface area contributed by atoms with Crippen LogP contribution in [0.4, 0.5) is 15.8 Å². The van der Waals surface area contributed by atoms with Gasteiger partial charge in [0.2, 0.25) is 11.8 Å². The van der Waals surface area contributed by atoms with Gasteiger partial charge in [0.1, 0.15) is 34.0 Å². The number of carbonyl (C=O) groups is 1. The summed E-state index contributed by atoms with van der Waals surface area (Å²) in [5.41, 5.74) is 1.85. The number of likely N-dealkylation sites (tertiary alicyclic amines) is 1. The molecule has 2 saturated heterocycles. The summed E-state index contributed by atoms with van der Waals surface area (Å²) in [4.78, 5) is 20.8. The number of halogens is 1. The van der Waals surface area contributed by atoms with Crippen molar-refractivity contribution in [1.82, 2.24) is 9.88 Å². The molecule has 2 aromatic rings. The van der Waals surface area contributed by atoms with Crippen molar-refractivity contribution in [2.75, 3.05) is 49.8 Å². The number of nitrogens with zero attached hydrogens (tertiary/aromatic N) is 3. The molecule has 0 aliphatic carbocycles. The lowest BCUT2D eigenvalue weighted by atomic mass is 10.0. The molecule has 1 atom stereocenters. The molecular formula is C25H30FN3O6S. The summed E-state index contributed by atoms with van der Waals surface area (Å²) in [5, 5.41) is 0. The van der Waals surface area contributed by atoms with E-state index in [2.05, 4.69) is 4.98 Å². The third kappa shape index (κ3) is 4.80. The highest BCUT2D eigenvalue weighted by atomic mass is 32.2. The van der Waals surface area contributed by atoms with Crippen LogP contribution in [0.5, 0.6) is 17.4 Å². The van der Waals surface area contributed by atoms with Crippen LogP contribution in [0.1, 0.15) is 24.8 Å². The molecule has 3 aliphatic heterocycles. The van der Waals surface area contributed by atoms with E-state index in [1.807, 2.05) is 17.9 Å². The Labute approximate surface area is 210 Å². The van der Waals surface area contributed by atoms with Gasteiger partial charge in [-0.2, -0.15) is 0 Å². The van der Waals surface area contributed by atoms with Crippen LogP contribution in [0.2, 0.25) is 0 Å². The van der Waals surface area contributed by atoms with Crippen LogP contribution in [0.25, 0.3) is 0 Å². The molecule has 2 fully saturated rings. The van der Waals surface area contributed by atoms with Gasteiger partial charge in [-0.25, -0.2) is 17.8 Å². The number of sulfone groups is 1. The first-order valence-corrected chi connectivity index (χ1v) is 14.0. The first kappa shape index (κ1) is 24.6. The smallest absolute Gasteiger partial charge is 0.225 e. The quantitative estimate of drug-likeness (QED) is 0.595. The molecule has 0 bridgehead atoms. The average Bonchev–Trinajstić information content (AvgIpc) is 3.33. The number of rotatable bonds is 5. The van der Waals surface area contributed by atoms with Crippen molar-refractivity contribution in [2.24, 2.45) is 5.92 Å². The van der Waals surface area contributed by atoms with E-state index < -0.39 is 15.7 Å². The standard InChI is InChI=1S/C25H30FN3O6S/c1-16-13-18(14-27-24(16)33-2)29-9-10-34-21-4-3-20(22(26)23(21)29)35-19-5-8-28(15-19)25(30)17-6-11-36(31,32)12-7-17/h3-4,13-14,17,19H,5-12,15H2,1-2H3. The highest BCUT2D eigenvalue weighted by molar-refractivity contribution is 7.91. The van der Waals surface area contributed by atoms with E-state index in [0.717, 1.165) is 11.3 Å². The number of amides is 1. The van der Waals surface area contributed by atoms with Crippen molar-refractivity contribution < 1.29 is 31.8 Å². The van der Waals surface area contributed by atoms with Gasteiger partial charge in [0.05, 0.1) is 43.6 Å². The number of hydrogen-bond acceptors (Lipinski definition) is 8. The van der Waals surface area contributed by atoms with E-state index in [9.17, 15) is 13.2 Å². The highest BCUT2D eigenvalue weighted by Crippen LogP contribution is 2.43. The van der Waals surface area contributed by atoms with Gasteiger partial charge in [-0.1, -0.05) is 0 Å². The predicted molar refractivity (Wildman–Crippen MR) is 131 cm³/mol. The molecule has 4 heterocycles. The SMILES string of the molecule is COc1ncc(N2CCOc3ccc(OC4CCN(C(=O)C5CCS(=O)(=O)CC5)C4)c(F)c32)cc1C. The van der Waals surface area contributed by atoms with Crippen LogP contribution in [0, 0.1) is 18.7 Å². The second-order valence-corrected chi connectivity index (χ2v) is 11.8. The lowest BCUT2D eigenvalue weighted by molar-refractivity contribution is -0.135. The molecule has 1 unspecified atom stereocenters. The first-order chi connectivity index (χ1) is 17.3. The summed E-state index contributed by atoms with van der Waals surface area (Å²) in [6.07, 6.45) is 2.59. The third-order valence-corrected chi connectivity index (χ3v) is 8.78. The van der Waals surface area contributed by atoms with Gasteiger partial charge in [-0.3, -0.25) is 4.79 Å². The van der Waals surface area contributed by atoms with Gasteiger partial charge in [0, 0.05) is 24.4 Å². The molecule has 0 spiro atoms. The van der Waals surface area contributed by atoms with Crippen molar-refractivity contribution in [3.05, 3.63) is 35.8 Å². The van der Waals surface area contributed by atoms with Crippen molar-refractivity contribution in [2.45, 2.75) is 32.3 Å². The topological polar surface area (TPSA) is 98.3 Å². The van der Waals surface area contributed by atoms with Crippen molar-refractivity contribution >= 4 is 27.1 Å². The lowest BCUT2D eigenvalue weighted by Gasteiger charge is -2.32. The van der Waals surface area contributed by atoms with Gasteiger partial charge in [0.25, 0.3) is 0 Å². The van der Waals surface area contributed by atoms with Crippen molar-refractivity contribution in [3.8, 4) is 17.4 Å². The van der Waals surface area contributed by atoms with Crippen LogP contribution in [0.3, 0.4) is 0 Å². The maximum absolute atomic E-state index is 15.8. The Morgan fingerprint density at radius 2 is 1.97 bits per heavy atom. The summed E-state index contributed by atoms with van der Waals surface area (Å²) in [7, 11) is -1.47. The Morgan fingerprint density at radius 1 is 1.19 bits per heavy atom. The fraction of sp³-hybridized carbons (Fsp3) is 0.520. The predicted octanol–water partition coefficient (Wildman–Crippen LogP) is 2.87. The minimum Gasteiger partial charge on any atom is -0.489 e. The number of carbonyl (C=O) groups excluding carboxylic acids is 1. The molecule has 36 heavy (non-hydrogen) atoms. The maximum atomic E-state index is 15.8. The summed E-state index contributed by atoms with van der Waals surface area (Å²) in [6.45, 7) is 3.58. The van der Waals surface area contributed by atoms with Crippen molar-refractivity contribution in [1.29, 1.82) is 0 Å². The summed E-state index contributed by atoms with van der Waals surface area (Å²) >= 11 is 0. The third-order valence-electron chi connectivity index (χ3n) is 7.06. The van der Waals surface area contributed by atoms with Gasteiger partial charge in [-0.15, -0.1) is 0 Å². The number of pyridine rings is 1. The fourth-order valence-electron chi connectivity index (χ4n) is 5.11. The molecule has 9 nitrogen and oxygen atoms in total. The second kappa shape index (κ2) is 9.76. The monoisotopic (exact) mass is 519 g/mol. The Morgan fingerprint density at radius 3 is 2.69 bits per heavy atom. The molecule has 1 aromatic heterocycles. The van der Waals surface area contributed by atoms with Crippen LogP contribution in [0.15, 0.2) is 24.4 Å². The van der Waals surface area contributed by atoms with E-state index in [-0.39, 0.29) is 35.2 Å². The molecule has 0 saturated carbocycles. The van der Waals surface area contributed by atoms with Crippen LogP contribution < -0.4 is 19.1 Å². The number of fused-ring (bicyclic) bond motifs is 1. The Hall–Kier alpha value is -3.08. The van der Waals surface area contributed by atoms with Gasteiger partial charge < -0.3 is 24.0 Å². The zero-order chi connectivity index (χ0) is 25.4. The minimum atomic E-state index is -3.03. The van der Waals surface area contributed by atoms with Gasteiger partial charge in [-0.05, 0) is 38.0 Å². The van der Waals surface area contributed by atoms with E-state index in [1.54, 1.807) is 30.3 Å². The zero-order valence-electron chi connectivity index (χ0n) is 20.4. The zero-order valence-corrected chi connectivity index (χ0v) is 21.2. The molecular weight excluding hydrogens is 489 g/mol. The molecule has 0 radical (unpaired) electrons. The van der Waals surface area contributed by atoms with Gasteiger partial charge in [0.15, 0.2) is 11.6 Å². The Balaban J connectivity index is 1.30. The fourth-order valence-corrected chi connectivity index (χ4v) is 6.60.